The minimum Gasteiger partial charge on any atom is -0.476 e. The molecule has 5 N–H and O–H groups in total. The van der Waals surface area contributed by atoms with Gasteiger partial charge in [0.15, 0.2) is 4.91 Å². The fraction of sp³-hybridized carbons (Fsp3) is 0.500. The molecule has 0 unspecified atom stereocenters. The molecule has 0 aliphatic carbocycles. The van der Waals surface area contributed by atoms with Crippen molar-refractivity contribution in [3.8, 4) is 0 Å². The number of anilines is 1. The molecular formula is C20H30FN5O4S. The van der Waals surface area contributed by atoms with Gasteiger partial charge in [-0.25, -0.2) is 22.3 Å². The first kappa shape index (κ1) is 24.6. The van der Waals surface area contributed by atoms with Crippen molar-refractivity contribution in [2.75, 3.05) is 25.5 Å². The zero-order valence-electron chi connectivity index (χ0n) is 18.3. The first-order valence-electron chi connectivity index (χ1n) is 9.96. The number of ether oxygens (including phenoxy) is 1. The van der Waals surface area contributed by atoms with Crippen LogP contribution in [0.1, 0.15) is 50.7 Å². The van der Waals surface area contributed by atoms with E-state index in [1.54, 1.807) is 7.05 Å². The van der Waals surface area contributed by atoms with Gasteiger partial charge in [0.1, 0.15) is 12.4 Å². The molecule has 1 atom stereocenters. The van der Waals surface area contributed by atoms with Gasteiger partial charge in [0.05, 0.1) is 6.04 Å². The van der Waals surface area contributed by atoms with Crippen molar-refractivity contribution in [2.24, 2.45) is 0 Å². The molecule has 0 saturated carbocycles. The molecule has 172 valence electrons. The molecule has 11 heteroatoms. The number of sulfonamides is 1. The number of carbonyl (C=O) groups is 1. The standard InChI is InChI=1S/C20H30FN5O4S/c1-11(2)15-6-13(21)7-16(12(3)4)18(15)25-20(27)26-31(28,29)17(8-22)19-24-9-14(23-5)10-30-19/h6-8,11-12,14,22-24H,9-10H2,1-5H3,(H2,25,26,27)/b19-17-,22-8?/t14-/m1/s1. The van der Waals surface area contributed by atoms with Gasteiger partial charge in [0.25, 0.3) is 10.0 Å². The molecule has 1 aliphatic rings. The molecule has 2 rings (SSSR count). The molecule has 0 radical (unpaired) electrons. The average molecular weight is 456 g/mol. The zero-order valence-corrected chi connectivity index (χ0v) is 19.1. The number of halogens is 1. The highest BCUT2D eigenvalue weighted by atomic mass is 32.2. The van der Waals surface area contributed by atoms with E-state index >= 15 is 0 Å². The van der Waals surface area contributed by atoms with Crippen molar-refractivity contribution in [2.45, 2.75) is 45.6 Å². The average Bonchev–Trinajstić information content (AvgIpc) is 2.69. The van der Waals surface area contributed by atoms with E-state index in [1.165, 1.54) is 12.1 Å². The number of hydrogen-bond donors (Lipinski definition) is 5. The third kappa shape index (κ3) is 5.95. The Morgan fingerprint density at radius 2 is 1.84 bits per heavy atom. The number of carbonyl (C=O) groups excluding carboxylic acids is 1. The normalized spacial score (nSPS) is 18.3. The highest BCUT2D eigenvalue weighted by Crippen LogP contribution is 2.33. The van der Waals surface area contributed by atoms with Crippen LogP contribution in [-0.4, -0.2) is 46.9 Å². The van der Waals surface area contributed by atoms with E-state index in [4.69, 9.17) is 10.1 Å². The lowest BCUT2D eigenvalue weighted by atomic mass is 9.92. The van der Waals surface area contributed by atoms with Crippen LogP contribution in [0.2, 0.25) is 0 Å². The second-order valence-electron chi connectivity index (χ2n) is 7.84. The summed E-state index contributed by atoms with van der Waals surface area (Å²) < 4.78 is 46.8. The molecule has 0 aromatic heterocycles. The lowest BCUT2D eigenvalue weighted by Gasteiger charge is -2.27. The van der Waals surface area contributed by atoms with E-state index in [0.717, 1.165) is 0 Å². The maximum Gasteiger partial charge on any atom is 0.333 e. The fourth-order valence-corrected chi connectivity index (χ4v) is 4.07. The van der Waals surface area contributed by atoms with Crippen molar-refractivity contribution in [1.29, 1.82) is 5.41 Å². The molecular weight excluding hydrogens is 425 g/mol. The van der Waals surface area contributed by atoms with Gasteiger partial charge in [-0.15, -0.1) is 0 Å². The number of hydrogen-bond acceptors (Lipinski definition) is 7. The summed E-state index contributed by atoms with van der Waals surface area (Å²) in [5.74, 6) is -0.754. The fourth-order valence-electron chi connectivity index (χ4n) is 3.14. The number of nitrogens with one attached hydrogen (secondary N) is 5. The topological polar surface area (TPSA) is 132 Å². The second kappa shape index (κ2) is 10.1. The van der Waals surface area contributed by atoms with Crippen LogP contribution in [0.4, 0.5) is 14.9 Å². The number of likely N-dealkylation sites (N-methyl/N-ethyl adjacent to an activating group) is 1. The van der Waals surface area contributed by atoms with Crippen molar-refractivity contribution < 1.29 is 22.3 Å². The van der Waals surface area contributed by atoms with Crippen LogP contribution in [0.5, 0.6) is 0 Å². The van der Waals surface area contributed by atoms with Crippen molar-refractivity contribution in [1.82, 2.24) is 15.4 Å². The molecule has 0 spiro atoms. The van der Waals surface area contributed by atoms with Gasteiger partial charge in [-0.2, -0.15) is 0 Å². The van der Waals surface area contributed by atoms with Gasteiger partial charge in [-0.1, -0.05) is 27.7 Å². The Bertz CT molecular complexity index is 937. The predicted molar refractivity (Wildman–Crippen MR) is 118 cm³/mol. The van der Waals surface area contributed by atoms with Crippen molar-refractivity contribution >= 4 is 28.0 Å². The Morgan fingerprint density at radius 1 is 1.26 bits per heavy atom. The first-order valence-corrected chi connectivity index (χ1v) is 11.4. The minimum atomic E-state index is -4.40. The summed E-state index contributed by atoms with van der Waals surface area (Å²) in [6.45, 7) is 8.00. The van der Waals surface area contributed by atoms with Gasteiger partial charge in [-0.05, 0) is 42.1 Å². The summed E-state index contributed by atoms with van der Waals surface area (Å²) >= 11 is 0. The summed E-state index contributed by atoms with van der Waals surface area (Å²) in [7, 11) is -2.65. The van der Waals surface area contributed by atoms with E-state index in [9.17, 15) is 17.6 Å². The first-order chi connectivity index (χ1) is 14.5. The molecule has 9 nitrogen and oxygen atoms in total. The third-order valence-electron chi connectivity index (χ3n) is 4.86. The van der Waals surface area contributed by atoms with Crippen molar-refractivity contribution in [3.63, 3.8) is 0 Å². The molecule has 1 fully saturated rings. The monoisotopic (exact) mass is 455 g/mol. The van der Waals surface area contributed by atoms with Crippen LogP contribution in [0.15, 0.2) is 22.9 Å². The van der Waals surface area contributed by atoms with Gasteiger partial charge in [0, 0.05) is 18.4 Å². The Kier molecular flexibility index (Phi) is 8.02. The number of urea groups is 1. The molecule has 31 heavy (non-hydrogen) atoms. The van der Waals surface area contributed by atoms with Gasteiger partial charge >= 0.3 is 6.03 Å². The van der Waals surface area contributed by atoms with Crippen LogP contribution >= 0.6 is 0 Å². The van der Waals surface area contributed by atoms with Crippen molar-refractivity contribution in [3.05, 3.63) is 39.9 Å². The molecule has 1 aromatic carbocycles. The van der Waals surface area contributed by atoms with Gasteiger partial charge < -0.3 is 26.1 Å². The summed E-state index contributed by atoms with van der Waals surface area (Å²) in [4.78, 5) is 12.1. The van der Waals surface area contributed by atoms with Crippen LogP contribution < -0.4 is 20.7 Å². The van der Waals surface area contributed by atoms with Crippen LogP contribution in [0, 0.1) is 11.2 Å². The lowest BCUT2D eigenvalue weighted by Crippen LogP contribution is -2.46. The zero-order chi connectivity index (χ0) is 23.3. The van der Waals surface area contributed by atoms with Crippen LogP contribution in [0.25, 0.3) is 0 Å². The molecule has 1 aromatic rings. The van der Waals surface area contributed by atoms with E-state index in [1.807, 2.05) is 32.4 Å². The molecule has 0 bridgehead atoms. The third-order valence-corrected chi connectivity index (χ3v) is 6.20. The highest BCUT2D eigenvalue weighted by molar-refractivity contribution is 7.94. The maximum absolute atomic E-state index is 14.1. The smallest absolute Gasteiger partial charge is 0.333 e. The Balaban J connectivity index is 2.30. The Morgan fingerprint density at radius 3 is 2.26 bits per heavy atom. The van der Waals surface area contributed by atoms with E-state index in [2.05, 4.69) is 16.0 Å². The summed E-state index contributed by atoms with van der Waals surface area (Å²) in [6, 6.07) is 1.61. The number of allylic oxidation sites excluding steroid dienone is 1. The van der Waals surface area contributed by atoms with Crippen LogP contribution in [0.3, 0.4) is 0 Å². The summed E-state index contributed by atoms with van der Waals surface area (Å²) in [5.41, 5.74) is 1.47. The van der Waals surface area contributed by atoms with Gasteiger partial charge in [-0.3, -0.25) is 0 Å². The van der Waals surface area contributed by atoms with Crippen LogP contribution in [-0.2, 0) is 14.8 Å². The molecule has 2 amide bonds. The van der Waals surface area contributed by atoms with E-state index in [0.29, 0.717) is 29.6 Å². The molecule has 1 heterocycles. The SMILES string of the molecule is CN[C@@H]1CN/C(=C(\C=N)S(=O)(=O)NC(=O)Nc2c(C(C)C)cc(F)cc2C(C)C)OC1. The van der Waals surface area contributed by atoms with E-state index < -0.39 is 26.8 Å². The summed E-state index contributed by atoms with van der Waals surface area (Å²) in [5, 5.41) is 15.9. The molecule has 1 saturated heterocycles. The number of amides is 2. The predicted octanol–water partition coefficient (Wildman–Crippen LogP) is 2.55. The highest BCUT2D eigenvalue weighted by Gasteiger charge is 2.28. The van der Waals surface area contributed by atoms with Gasteiger partial charge in [0.2, 0.25) is 5.88 Å². The maximum atomic E-state index is 14.1. The quantitative estimate of drug-likeness (QED) is 0.402. The minimum absolute atomic E-state index is 0.0166. The lowest BCUT2D eigenvalue weighted by molar-refractivity contribution is 0.129. The summed E-state index contributed by atoms with van der Waals surface area (Å²) in [6.07, 6.45) is 0.606. The number of benzene rings is 1. The largest absolute Gasteiger partial charge is 0.476 e. The Hall–Kier alpha value is -2.66. The van der Waals surface area contributed by atoms with E-state index in [-0.39, 0.29) is 30.4 Å². The Labute approximate surface area is 182 Å². The second-order valence-corrected chi connectivity index (χ2v) is 9.49. The number of rotatable bonds is 7. The molecule has 1 aliphatic heterocycles.